The van der Waals surface area contributed by atoms with Gasteiger partial charge in [-0.25, -0.2) is 4.39 Å². The Bertz CT molecular complexity index is 1020. The third-order valence-corrected chi connectivity index (χ3v) is 4.82. The number of hydrogen-bond acceptors (Lipinski definition) is 3. The summed E-state index contributed by atoms with van der Waals surface area (Å²) in [5.41, 5.74) is 3.52. The van der Waals surface area contributed by atoms with Gasteiger partial charge in [-0.1, -0.05) is 13.8 Å². The molecule has 28 heavy (non-hydrogen) atoms. The minimum atomic E-state index is -0.320. The van der Waals surface area contributed by atoms with Crippen molar-refractivity contribution in [2.75, 3.05) is 6.54 Å². The molecule has 3 rings (SSSR count). The number of fused-ring (bicyclic) bond motifs is 1. The Balaban J connectivity index is 1.70. The van der Waals surface area contributed by atoms with Crippen LogP contribution in [-0.4, -0.2) is 20.9 Å². The lowest BCUT2D eigenvalue weighted by molar-refractivity contribution is 0.513. The van der Waals surface area contributed by atoms with Crippen LogP contribution < -0.4 is 10.9 Å². The van der Waals surface area contributed by atoms with Gasteiger partial charge in [0.15, 0.2) is 0 Å². The van der Waals surface area contributed by atoms with Crippen LogP contribution in [0.1, 0.15) is 37.2 Å². The molecule has 1 N–H and O–H groups in total. The van der Waals surface area contributed by atoms with E-state index in [0.717, 1.165) is 36.3 Å². The van der Waals surface area contributed by atoms with E-state index in [-0.39, 0.29) is 11.4 Å². The normalized spacial score (nSPS) is 11.6. The maximum atomic E-state index is 13.7. The van der Waals surface area contributed by atoms with Crippen molar-refractivity contribution >= 4 is 10.9 Å². The summed E-state index contributed by atoms with van der Waals surface area (Å²) >= 11 is 0. The highest BCUT2D eigenvalue weighted by Crippen LogP contribution is 2.17. The van der Waals surface area contributed by atoms with E-state index in [1.165, 1.54) is 12.1 Å². The van der Waals surface area contributed by atoms with Crippen molar-refractivity contribution in [3.8, 4) is 0 Å². The van der Waals surface area contributed by atoms with Gasteiger partial charge >= 0.3 is 0 Å². The van der Waals surface area contributed by atoms with Crippen molar-refractivity contribution in [3.63, 3.8) is 0 Å². The number of hydrogen-bond donors (Lipinski definition) is 1. The lowest BCUT2D eigenvalue weighted by Crippen LogP contribution is -2.29. The van der Waals surface area contributed by atoms with Crippen LogP contribution in [0.5, 0.6) is 0 Å². The Morgan fingerprint density at radius 3 is 2.64 bits per heavy atom. The van der Waals surface area contributed by atoms with Crippen LogP contribution in [0.3, 0.4) is 0 Å². The number of pyridine rings is 1. The molecule has 0 aliphatic rings. The Morgan fingerprint density at radius 1 is 1.18 bits per heavy atom. The summed E-state index contributed by atoms with van der Waals surface area (Å²) in [6, 6.07) is 8.58. The molecule has 2 aromatic heterocycles. The topological polar surface area (TPSA) is 51.9 Å². The predicted octanol–water partition coefficient (Wildman–Crippen LogP) is 3.79. The van der Waals surface area contributed by atoms with Gasteiger partial charge in [-0.05, 0) is 68.4 Å². The zero-order chi connectivity index (χ0) is 20.3. The van der Waals surface area contributed by atoms with Crippen molar-refractivity contribution in [1.29, 1.82) is 0 Å². The third-order valence-electron chi connectivity index (χ3n) is 4.82. The monoisotopic (exact) mass is 384 g/mol. The molecular formula is C22H29FN4O. The minimum absolute atomic E-state index is 0.0437. The lowest BCUT2D eigenvalue weighted by Gasteiger charge is -2.15. The summed E-state index contributed by atoms with van der Waals surface area (Å²) in [7, 11) is 0. The van der Waals surface area contributed by atoms with Gasteiger partial charge in [0, 0.05) is 30.9 Å². The van der Waals surface area contributed by atoms with E-state index in [1.54, 1.807) is 10.6 Å². The minimum Gasteiger partial charge on any atom is -0.312 e. The van der Waals surface area contributed by atoms with E-state index in [9.17, 15) is 9.18 Å². The molecule has 0 radical (unpaired) electrons. The maximum Gasteiger partial charge on any atom is 0.255 e. The van der Waals surface area contributed by atoms with Gasteiger partial charge in [0.05, 0.1) is 11.2 Å². The highest BCUT2D eigenvalue weighted by Gasteiger charge is 2.11. The van der Waals surface area contributed by atoms with E-state index >= 15 is 0 Å². The zero-order valence-corrected chi connectivity index (χ0v) is 17.1. The SMILES string of the molecule is Cc1cc(C)n(CCCNCc2cc3ccc(F)cc3n(CC(C)C)c2=O)n1. The molecule has 0 amide bonds. The van der Waals surface area contributed by atoms with Crippen LogP contribution in [0.4, 0.5) is 4.39 Å². The molecule has 0 spiro atoms. The molecule has 0 atom stereocenters. The highest BCUT2D eigenvalue weighted by atomic mass is 19.1. The van der Waals surface area contributed by atoms with Gasteiger partial charge in [0.2, 0.25) is 0 Å². The number of nitrogens with one attached hydrogen (secondary N) is 1. The van der Waals surface area contributed by atoms with E-state index in [2.05, 4.69) is 37.3 Å². The molecule has 150 valence electrons. The fourth-order valence-electron chi connectivity index (χ4n) is 3.56. The van der Waals surface area contributed by atoms with E-state index < -0.39 is 0 Å². The number of nitrogens with zero attached hydrogens (tertiary/aromatic N) is 3. The highest BCUT2D eigenvalue weighted by molar-refractivity contribution is 5.79. The van der Waals surface area contributed by atoms with E-state index in [1.807, 2.05) is 17.7 Å². The molecule has 1 aromatic carbocycles. The number of aryl methyl sites for hydroxylation is 3. The van der Waals surface area contributed by atoms with Crippen molar-refractivity contribution in [2.24, 2.45) is 5.92 Å². The molecule has 0 aliphatic carbocycles. The molecule has 2 heterocycles. The second-order valence-corrected chi connectivity index (χ2v) is 7.86. The van der Waals surface area contributed by atoms with Crippen LogP contribution in [0, 0.1) is 25.6 Å². The van der Waals surface area contributed by atoms with E-state index in [0.29, 0.717) is 30.1 Å². The first-order valence-corrected chi connectivity index (χ1v) is 9.89. The molecule has 3 aromatic rings. The molecule has 6 heteroatoms. The Hall–Kier alpha value is -2.47. The molecule has 0 aliphatic heterocycles. The maximum absolute atomic E-state index is 13.7. The van der Waals surface area contributed by atoms with Crippen LogP contribution in [-0.2, 0) is 19.6 Å². The second kappa shape index (κ2) is 8.69. The third kappa shape index (κ3) is 4.68. The largest absolute Gasteiger partial charge is 0.312 e. The molecule has 5 nitrogen and oxygen atoms in total. The van der Waals surface area contributed by atoms with Crippen molar-refractivity contribution in [3.05, 3.63) is 63.5 Å². The standard InChI is InChI=1S/C22H29FN4O/c1-15(2)14-26-21-12-20(23)7-6-18(21)11-19(22(26)28)13-24-8-5-9-27-17(4)10-16(3)25-27/h6-7,10-12,15,24H,5,8-9,13-14H2,1-4H3. The number of rotatable bonds is 8. The summed E-state index contributed by atoms with van der Waals surface area (Å²) in [5, 5.41) is 8.72. The Kier molecular flexibility index (Phi) is 6.29. The lowest BCUT2D eigenvalue weighted by atomic mass is 10.1. The predicted molar refractivity (Wildman–Crippen MR) is 111 cm³/mol. The summed E-state index contributed by atoms with van der Waals surface area (Å²) in [5.74, 6) is -0.0208. The molecule has 0 fully saturated rings. The van der Waals surface area contributed by atoms with E-state index in [4.69, 9.17) is 0 Å². The molecule has 0 bridgehead atoms. The van der Waals surface area contributed by atoms with Crippen molar-refractivity contribution < 1.29 is 4.39 Å². The van der Waals surface area contributed by atoms with Crippen LogP contribution >= 0.6 is 0 Å². The summed E-state index contributed by atoms with van der Waals surface area (Å²) in [6.07, 6.45) is 0.931. The van der Waals surface area contributed by atoms with Gasteiger partial charge in [-0.2, -0.15) is 5.10 Å². The molecular weight excluding hydrogens is 355 g/mol. The average molecular weight is 384 g/mol. The summed E-state index contributed by atoms with van der Waals surface area (Å²) < 4.78 is 17.4. The van der Waals surface area contributed by atoms with Gasteiger partial charge in [0.1, 0.15) is 5.82 Å². The van der Waals surface area contributed by atoms with Crippen molar-refractivity contribution in [1.82, 2.24) is 19.7 Å². The van der Waals surface area contributed by atoms with Gasteiger partial charge in [0.25, 0.3) is 5.56 Å². The number of aromatic nitrogens is 3. The second-order valence-electron chi connectivity index (χ2n) is 7.86. The van der Waals surface area contributed by atoms with Gasteiger partial charge in [-0.3, -0.25) is 9.48 Å². The fourth-order valence-corrected chi connectivity index (χ4v) is 3.56. The summed E-state index contributed by atoms with van der Waals surface area (Å²) in [4.78, 5) is 12.9. The molecule has 0 unspecified atom stereocenters. The van der Waals surface area contributed by atoms with Gasteiger partial charge in [-0.15, -0.1) is 0 Å². The first kappa shape index (κ1) is 20.3. The first-order chi connectivity index (χ1) is 13.3. The first-order valence-electron chi connectivity index (χ1n) is 9.89. The number of halogens is 1. The van der Waals surface area contributed by atoms with Crippen LogP contribution in [0.2, 0.25) is 0 Å². The Morgan fingerprint density at radius 2 is 1.96 bits per heavy atom. The number of benzene rings is 1. The fraction of sp³-hybridized carbons (Fsp3) is 0.455. The van der Waals surface area contributed by atoms with Crippen molar-refractivity contribution in [2.45, 2.75) is 53.8 Å². The average Bonchev–Trinajstić information content (AvgIpc) is 2.95. The molecule has 0 saturated heterocycles. The smallest absolute Gasteiger partial charge is 0.255 e. The van der Waals surface area contributed by atoms with Gasteiger partial charge < -0.3 is 9.88 Å². The molecule has 0 saturated carbocycles. The Labute approximate surface area is 165 Å². The zero-order valence-electron chi connectivity index (χ0n) is 17.1. The summed E-state index contributed by atoms with van der Waals surface area (Å²) in [6.45, 7) is 10.9. The van der Waals surface area contributed by atoms with Crippen LogP contribution in [0.15, 0.2) is 35.1 Å². The van der Waals surface area contributed by atoms with Crippen LogP contribution in [0.25, 0.3) is 10.9 Å². The quantitative estimate of drug-likeness (QED) is 0.601.